The molecule has 4 heterocycles. The van der Waals surface area contributed by atoms with Crippen LogP contribution in [0.15, 0.2) is 34.6 Å². The third-order valence-corrected chi connectivity index (χ3v) is 10.2. The largest absolute Gasteiger partial charge is 0.444 e. The highest BCUT2D eigenvalue weighted by Crippen LogP contribution is 2.37. The van der Waals surface area contributed by atoms with Gasteiger partial charge in [0.15, 0.2) is 10.1 Å². The summed E-state index contributed by atoms with van der Waals surface area (Å²) in [5.74, 6) is 0.852. The maximum absolute atomic E-state index is 12.4. The fourth-order valence-electron chi connectivity index (χ4n) is 6.38. The molecular formula is C34H62N8O9S2. The summed E-state index contributed by atoms with van der Waals surface area (Å²) in [6.45, 7) is 21.8. The van der Waals surface area contributed by atoms with E-state index in [1.807, 2.05) is 51.3 Å². The van der Waals surface area contributed by atoms with Crippen LogP contribution in [-0.4, -0.2) is 106 Å². The number of nitrogens with zero attached hydrogens (tertiary/aromatic N) is 5. The zero-order valence-electron chi connectivity index (χ0n) is 33.0. The van der Waals surface area contributed by atoms with Crippen LogP contribution < -0.4 is 10.3 Å². The van der Waals surface area contributed by atoms with Gasteiger partial charge in [-0.05, 0) is 132 Å². The van der Waals surface area contributed by atoms with Crippen LogP contribution in [-0.2, 0) is 36.1 Å². The molecule has 0 saturated carbocycles. The van der Waals surface area contributed by atoms with E-state index in [0.717, 1.165) is 45.1 Å². The molecule has 17 nitrogen and oxygen atoms in total. The van der Waals surface area contributed by atoms with Crippen molar-refractivity contribution < 1.29 is 41.0 Å². The Hall–Kier alpha value is -3.26. The first kappa shape index (κ1) is 45.9. The van der Waals surface area contributed by atoms with Crippen molar-refractivity contribution in [2.45, 2.75) is 147 Å². The van der Waals surface area contributed by atoms with Gasteiger partial charge in [0.1, 0.15) is 11.2 Å². The molecule has 6 N–H and O–H groups in total. The Morgan fingerprint density at radius 1 is 0.849 bits per heavy atom. The molecule has 2 fully saturated rings. The maximum atomic E-state index is 12.4. The lowest BCUT2D eigenvalue weighted by atomic mass is 9.93. The number of amides is 2. The van der Waals surface area contributed by atoms with Crippen molar-refractivity contribution in [3.8, 4) is 0 Å². The Balaban J connectivity index is 0.000000309. The average molecular weight is 791 g/mol. The summed E-state index contributed by atoms with van der Waals surface area (Å²) in [5.41, 5.74) is -1.34. The smallest absolute Gasteiger partial charge is 0.410 e. The number of hydrogen-bond acceptors (Lipinski definition) is 11. The number of aliphatic hydroxyl groups excluding tert-OH is 1. The van der Waals surface area contributed by atoms with Gasteiger partial charge in [0.05, 0.1) is 6.20 Å². The number of nitrogens with two attached hydrogens (primary N) is 2. The van der Waals surface area contributed by atoms with Crippen LogP contribution in [0.5, 0.6) is 0 Å². The summed E-state index contributed by atoms with van der Waals surface area (Å²) in [5, 5.41) is 28.1. The predicted molar refractivity (Wildman–Crippen MR) is 199 cm³/mol. The molecule has 2 saturated heterocycles. The number of aryl methyl sites for hydroxylation is 1. The average Bonchev–Trinajstić information content (AvgIpc) is 3.76. The Morgan fingerprint density at radius 2 is 1.32 bits per heavy atom. The van der Waals surface area contributed by atoms with Gasteiger partial charge in [-0.3, -0.25) is 9.78 Å². The summed E-state index contributed by atoms with van der Waals surface area (Å²) in [4.78, 5) is 28.2. The minimum Gasteiger partial charge on any atom is -0.444 e. The number of aromatic nitrogens is 4. The van der Waals surface area contributed by atoms with Gasteiger partial charge in [-0.2, -0.15) is 10.2 Å². The van der Waals surface area contributed by atoms with Crippen molar-refractivity contribution in [3.05, 3.63) is 24.5 Å². The molecule has 19 heteroatoms. The second-order valence-electron chi connectivity index (χ2n) is 16.9. The first-order valence-electron chi connectivity index (χ1n) is 17.7. The molecular weight excluding hydrogens is 729 g/mol. The zero-order chi connectivity index (χ0) is 40.6. The van der Waals surface area contributed by atoms with Crippen molar-refractivity contribution in [3.63, 3.8) is 0 Å². The number of aromatic amines is 1. The summed E-state index contributed by atoms with van der Waals surface area (Å²) >= 11 is 0. The number of carbonyl (C=O) groups excluding carboxylic acids is 2. The standard InChI is InChI=1S/C17H30N4O4S.C14H27NO3.C3H5N3O2S/c1-16(2,3)25-15(22)21-12-13(11-17(21,4)5)7-6-9-20-10-8-14(19-20)26(18,23)24;1-13(2,3)18-12(17)15-10-11(7-6-8-16)9-14(15,4)5;4-9(7,8)3-1-2-5-6-3/h8,10,13H,6-7,9,11-12H2,1-5H3,(H2,18,23,24);11,16H,6-10H2,1-5H3;1-2H,(H,5,6)(H2,4,7,8). The molecule has 2 atom stereocenters. The number of H-pyrrole nitrogens is 1. The Bertz CT molecular complexity index is 1690. The summed E-state index contributed by atoms with van der Waals surface area (Å²) < 4.78 is 55.9. The molecule has 2 aromatic rings. The van der Waals surface area contributed by atoms with E-state index in [9.17, 15) is 26.4 Å². The lowest BCUT2D eigenvalue weighted by molar-refractivity contribution is 0.0118. The Labute approximate surface area is 315 Å². The number of sulfonamides is 2. The van der Waals surface area contributed by atoms with E-state index in [4.69, 9.17) is 24.9 Å². The molecule has 2 amide bonds. The fraction of sp³-hybridized carbons (Fsp3) is 0.765. The number of hydrogen-bond donors (Lipinski definition) is 4. The number of rotatable bonds is 9. The van der Waals surface area contributed by atoms with Crippen molar-refractivity contribution in [2.24, 2.45) is 22.1 Å². The molecule has 53 heavy (non-hydrogen) atoms. The van der Waals surface area contributed by atoms with E-state index in [0.29, 0.717) is 24.9 Å². The van der Waals surface area contributed by atoms with Crippen LogP contribution >= 0.6 is 0 Å². The lowest BCUT2D eigenvalue weighted by Gasteiger charge is -2.33. The van der Waals surface area contributed by atoms with E-state index >= 15 is 0 Å². The summed E-state index contributed by atoms with van der Waals surface area (Å²) in [7, 11) is -7.34. The van der Waals surface area contributed by atoms with Crippen molar-refractivity contribution in [1.82, 2.24) is 29.8 Å². The number of likely N-dealkylation sites (tertiary alicyclic amines) is 2. The minimum absolute atomic E-state index is 0.0671. The second kappa shape index (κ2) is 17.9. The third-order valence-electron chi connectivity index (χ3n) is 8.61. The zero-order valence-corrected chi connectivity index (χ0v) is 34.6. The Kier molecular flexibility index (Phi) is 15.5. The third kappa shape index (κ3) is 15.6. The number of carbonyl (C=O) groups is 2. The van der Waals surface area contributed by atoms with E-state index in [1.54, 1.807) is 10.9 Å². The van der Waals surface area contributed by atoms with E-state index in [-0.39, 0.29) is 39.9 Å². The van der Waals surface area contributed by atoms with Crippen LogP contribution in [0, 0.1) is 11.8 Å². The topological polar surface area (TPSA) is 246 Å². The minimum atomic E-state index is -3.76. The van der Waals surface area contributed by atoms with Crippen LogP contribution in [0.2, 0.25) is 0 Å². The monoisotopic (exact) mass is 790 g/mol. The second-order valence-corrected chi connectivity index (χ2v) is 19.9. The highest BCUT2D eigenvalue weighted by Gasteiger charge is 2.43. The predicted octanol–water partition coefficient (Wildman–Crippen LogP) is 4.20. The first-order chi connectivity index (χ1) is 24.0. The van der Waals surface area contributed by atoms with Crippen LogP contribution in [0.1, 0.15) is 108 Å². The molecule has 4 rings (SSSR count). The van der Waals surface area contributed by atoms with E-state index in [2.05, 4.69) is 43.0 Å². The van der Waals surface area contributed by atoms with E-state index in [1.165, 1.54) is 18.3 Å². The van der Waals surface area contributed by atoms with Gasteiger partial charge < -0.3 is 24.4 Å². The maximum Gasteiger partial charge on any atom is 0.410 e. The molecule has 0 radical (unpaired) electrons. The Morgan fingerprint density at radius 3 is 1.66 bits per heavy atom. The number of aliphatic hydroxyl groups is 1. The highest BCUT2D eigenvalue weighted by atomic mass is 32.2. The number of primary sulfonamides is 2. The SMILES string of the molecule is CC(C)(C)OC(=O)N1CC(CCCO)CC1(C)C.CC(C)(C)OC(=O)N1CC(CCCn2ccc(S(N)(=O)=O)n2)CC1(C)C.NS(=O)(=O)c1ccn[nH]1. The van der Waals surface area contributed by atoms with Gasteiger partial charge in [-0.1, -0.05) is 0 Å². The molecule has 0 aromatic carbocycles. The van der Waals surface area contributed by atoms with Gasteiger partial charge in [0, 0.05) is 43.5 Å². The van der Waals surface area contributed by atoms with Gasteiger partial charge >= 0.3 is 12.2 Å². The molecule has 2 aliphatic rings. The quantitative estimate of drug-likeness (QED) is 0.280. The van der Waals surface area contributed by atoms with Crippen LogP contribution in [0.3, 0.4) is 0 Å². The molecule has 2 aliphatic heterocycles. The van der Waals surface area contributed by atoms with Crippen LogP contribution in [0.4, 0.5) is 9.59 Å². The van der Waals surface area contributed by atoms with Gasteiger partial charge in [0.2, 0.25) is 0 Å². The van der Waals surface area contributed by atoms with E-state index < -0.39 is 31.2 Å². The molecule has 0 spiro atoms. The lowest BCUT2D eigenvalue weighted by Crippen LogP contribution is -2.45. The van der Waals surface area contributed by atoms with Crippen LogP contribution in [0.25, 0.3) is 0 Å². The number of nitrogens with one attached hydrogen (secondary N) is 1. The van der Waals surface area contributed by atoms with Gasteiger partial charge in [-0.15, -0.1) is 0 Å². The van der Waals surface area contributed by atoms with Crippen molar-refractivity contribution in [1.29, 1.82) is 0 Å². The van der Waals surface area contributed by atoms with Crippen molar-refractivity contribution in [2.75, 3.05) is 19.7 Å². The highest BCUT2D eigenvalue weighted by molar-refractivity contribution is 7.89. The fourth-order valence-corrected chi connectivity index (χ4v) is 7.28. The van der Waals surface area contributed by atoms with Crippen molar-refractivity contribution >= 4 is 32.2 Å². The normalized spacial score (nSPS) is 19.9. The summed E-state index contributed by atoms with van der Waals surface area (Å²) in [6, 6.07) is 2.69. The molecule has 0 aliphatic carbocycles. The first-order valence-corrected chi connectivity index (χ1v) is 20.8. The molecule has 2 unspecified atom stereocenters. The molecule has 0 bridgehead atoms. The van der Waals surface area contributed by atoms with Gasteiger partial charge in [0.25, 0.3) is 20.0 Å². The summed E-state index contributed by atoms with van der Waals surface area (Å²) in [6.07, 6.45) is 7.88. The molecule has 304 valence electrons. The number of ether oxygens (including phenoxy) is 2. The van der Waals surface area contributed by atoms with Gasteiger partial charge in [-0.25, -0.2) is 36.7 Å². The molecule has 2 aromatic heterocycles.